The largest absolute Gasteiger partial charge is 0.331 e. The number of aryl methyl sites for hydroxylation is 2. The zero-order valence-electron chi connectivity index (χ0n) is 15.5. The van der Waals surface area contributed by atoms with E-state index in [2.05, 4.69) is 16.4 Å². The summed E-state index contributed by atoms with van der Waals surface area (Å²) >= 11 is 1.43. The number of amides is 2. The monoisotopic (exact) mass is 379 g/mol. The Morgan fingerprint density at radius 3 is 2.56 bits per heavy atom. The molecule has 0 spiro atoms. The number of carbonyl (C=O) groups excluding carboxylic acids is 2. The number of nitrogens with zero attached hydrogens (tertiary/aromatic N) is 2. The van der Waals surface area contributed by atoms with Gasteiger partial charge in [-0.1, -0.05) is 42.0 Å². The molecule has 0 atom stereocenters. The first-order valence-electron chi connectivity index (χ1n) is 8.57. The van der Waals surface area contributed by atoms with Gasteiger partial charge in [0.1, 0.15) is 10.7 Å². The van der Waals surface area contributed by atoms with E-state index in [-0.39, 0.29) is 18.4 Å². The quantitative estimate of drug-likeness (QED) is 0.725. The van der Waals surface area contributed by atoms with E-state index in [0.29, 0.717) is 11.4 Å². The Bertz CT molecular complexity index is 967. The van der Waals surface area contributed by atoms with E-state index >= 15 is 0 Å². The van der Waals surface area contributed by atoms with Crippen LogP contribution in [-0.2, 0) is 4.79 Å². The molecule has 0 saturated carbocycles. The molecule has 27 heavy (non-hydrogen) atoms. The minimum absolute atomic E-state index is 0.0376. The summed E-state index contributed by atoms with van der Waals surface area (Å²) in [6.45, 7) is 4.04. The van der Waals surface area contributed by atoms with Gasteiger partial charge in [0.25, 0.3) is 5.91 Å². The van der Waals surface area contributed by atoms with Gasteiger partial charge in [0.2, 0.25) is 5.91 Å². The Morgan fingerprint density at radius 2 is 1.85 bits per heavy atom. The molecule has 0 aliphatic carbocycles. The normalized spacial score (nSPS) is 10.5. The first-order chi connectivity index (χ1) is 12.9. The van der Waals surface area contributed by atoms with Crippen molar-refractivity contribution in [3.05, 3.63) is 70.7 Å². The van der Waals surface area contributed by atoms with E-state index in [1.807, 2.05) is 44.2 Å². The average Bonchev–Trinajstić information content (AvgIpc) is 3.11. The van der Waals surface area contributed by atoms with Crippen molar-refractivity contribution in [3.8, 4) is 10.6 Å². The van der Waals surface area contributed by atoms with Crippen LogP contribution in [0.4, 0.5) is 5.69 Å². The number of likely N-dealkylation sites (N-methyl/N-ethyl adjacent to an activating group) is 1. The highest BCUT2D eigenvalue weighted by molar-refractivity contribution is 7.13. The fourth-order valence-corrected chi connectivity index (χ4v) is 3.64. The fraction of sp³-hybridized carbons (Fsp3) is 0.190. The molecule has 1 heterocycles. The zero-order chi connectivity index (χ0) is 19.4. The molecule has 1 aromatic heterocycles. The van der Waals surface area contributed by atoms with Crippen LogP contribution in [-0.4, -0.2) is 35.3 Å². The Kier molecular flexibility index (Phi) is 5.66. The summed E-state index contributed by atoms with van der Waals surface area (Å²) in [6.07, 6.45) is 0. The summed E-state index contributed by atoms with van der Waals surface area (Å²) in [5.41, 5.74) is 4.39. The van der Waals surface area contributed by atoms with Crippen molar-refractivity contribution >= 4 is 28.8 Å². The minimum Gasteiger partial charge on any atom is -0.331 e. The van der Waals surface area contributed by atoms with Crippen molar-refractivity contribution in [2.24, 2.45) is 0 Å². The van der Waals surface area contributed by atoms with E-state index in [1.54, 1.807) is 24.6 Å². The molecule has 1 N–H and O–H groups in total. The topological polar surface area (TPSA) is 62.3 Å². The number of hydrogen-bond donors (Lipinski definition) is 1. The lowest BCUT2D eigenvalue weighted by molar-refractivity contribution is -0.116. The van der Waals surface area contributed by atoms with Crippen molar-refractivity contribution < 1.29 is 9.59 Å². The summed E-state index contributed by atoms with van der Waals surface area (Å²) in [5, 5.41) is 5.31. The Balaban J connectivity index is 1.67. The van der Waals surface area contributed by atoms with Crippen molar-refractivity contribution in [1.82, 2.24) is 9.88 Å². The van der Waals surface area contributed by atoms with Crippen LogP contribution in [0.1, 0.15) is 21.6 Å². The lowest BCUT2D eigenvalue weighted by atomic mass is 10.1. The first kappa shape index (κ1) is 18.8. The van der Waals surface area contributed by atoms with Crippen LogP contribution in [0.5, 0.6) is 0 Å². The molecule has 0 aliphatic heterocycles. The predicted molar refractivity (Wildman–Crippen MR) is 109 cm³/mol. The molecular weight excluding hydrogens is 358 g/mol. The molecule has 3 rings (SSSR count). The predicted octanol–water partition coefficient (Wildman–Crippen LogP) is 4.14. The molecule has 0 unspecified atom stereocenters. The van der Waals surface area contributed by atoms with Crippen LogP contribution in [0.2, 0.25) is 0 Å². The summed E-state index contributed by atoms with van der Waals surface area (Å²) in [4.78, 5) is 30.6. The number of rotatable bonds is 5. The lowest BCUT2D eigenvalue weighted by Gasteiger charge is -2.15. The standard InChI is InChI=1S/C21H21N3O2S/c1-14-9-10-17(15(2)11-14)20-23-18(13-27-20)21(26)24(3)12-19(25)22-16-7-5-4-6-8-16/h4-11,13H,12H2,1-3H3,(H,22,25). The number of anilines is 1. The van der Waals surface area contributed by atoms with Crippen LogP contribution < -0.4 is 5.32 Å². The minimum atomic E-state index is -0.273. The molecule has 2 aromatic carbocycles. The molecule has 3 aromatic rings. The van der Waals surface area contributed by atoms with Crippen molar-refractivity contribution in [2.45, 2.75) is 13.8 Å². The third kappa shape index (κ3) is 4.60. The van der Waals surface area contributed by atoms with Gasteiger partial charge >= 0.3 is 0 Å². The second-order valence-electron chi connectivity index (χ2n) is 6.43. The highest BCUT2D eigenvalue weighted by atomic mass is 32.1. The fourth-order valence-electron chi connectivity index (χ4n) is 2.75. The Hall–Kier alpha value is -2.99. The third-order valence-electron chi connectivity index (χ3n) is 4.12. The number of hydrogen-bond acceptors (Lipinski definition) is 4. The number of thiazole rings is 1. The molecule has 0 bridgehead atoms. The van der Waals surface area contributed by atoms with E-state index in [0.717, 1.165) is 16.1 Å². The molecule has 138 valence electrons. The van der Waals surface area contributed by atoms with E-state index < -0.39 is 0 Å². The molecule has 2 amide bonds. The van der Waals surface area contributed by atoms with Gasteiger partial charge in [-0.2, -0.15) is 0 Å². The third-order valence-corrected chi connectivity index (χ3v) is 5.00. The van der Waals surface area contributed by atoms with Gasteiger partial charge in [-0.25, -0.2) is 4.98 Å². The van der Waals surface area contributed by atoms with Crippen LogP contribution in [0.15, 0.2) is 53.9 Å². The molecule has 0 fully saturated rings. The number of carbonyl (C=O) groups is 2. The average molecular weight is 379 g/mol. The molecular formula is C21H21N3O2S. The molecule has 6 heteroatoms. The zero-order valence-corrected chi connectivity index (χ0v) is 16.3. The summed E-state index contributed by atoms with van der Waals surface area (Å²) < 4.78 is 0. The second kappa shape index (κ2) is 8.14. The number of benzene rings is 2. The highest BCUT2D eigenvalue weighted by Gasteiger charge is 2.19. The van der Waals surface area contributed by atoms with Gasteiger partial charge in [-0.3, -0.25) is 9.59 Å². The maximum Gasteiger partial charge on any atom is 0.273 e. The van der Waals surface area contributed by atoms with Gasteiger partial charge in [0, 0.05) is 23.7 Å². The maximum atomic E-state index is 12.6. The Labute approximate surface area is 162 Å². The van der Waals surface area contributed by atoms with Gasteiger partial charge < -0.3 is 10.2 Å². The smallest absolute Gasteiger partial charge is 0.273 e. The highest BCUT2D eigenvalue weighted by Crippen LogP contribution is 2.27. The molecule has 0 aliphatic rings. The van der Waals surface area contributed by atoms with Crippen molar-refractivity contribution in [1.29, 1.82) is 0 Å². The van der Waals surface area contributed by atoms with Gasteiger partial charge in [0.05, 0.1) is 6.54 Å². The van der Waals surface area contributed by atoms with Crippen molar-refractivity contribution in [2.75, 3.05) is 18.9 Å². The first-order valence-corrected chi connectivity index (χ1v) is 9.45. The van der Waals surface area contributed by atoms with E-state index in [4.69, 9.17) is 0 Å². The number of nitrogens with one attached hydrogen (secondary N) is 1. The summed E-state index contributed by atoms with van der Waals surface area (Å²) in [5.74, 6) is -0.521. The summed E-state index contributed by atoms with van der Waals surface area (Å²) in [6, 6.07) is 15.3. The van der Waals surface area contributed by atoms with Crippen molar-refractivity contribution in [3.63, 3.8) is 0 Å². The second-order valence-corrected chi connectivity index (χ2v) is 7.29. The lowest BCUT2D eigenvalue weighted by Crippen LogP contribution is -2.35. The molecule has 0 radical (unpaired) electrons. The SMILES string of the molecule is Cc1ccc(-c2nc(C(=O)N(C)CC(=O)Nc3ccccc3)cs2)c(C)c1. The number of aromatic nitrogens is 1. The van der Waals surface area contributed by atoms with E-state index in [9.17, 15) is 9.59 Å². The van der Waals surface area contributed by atoms with E-state index in [1.165, 1.54) is 21.8 Å². The van der Waals surface area contributed by atoms with Gasteiger partial charge in [0.15, 0.2) is 0 Å². The van der Waals surface area contributed by atoms with Crippen LogP contribution in [0.3, 0.4) is 0 Å². The maximum absolute atomic E-state index is 12.6. The van der Waals surface area contributed by atoms with Crippen LogP contribution in [0.25, 0.3) is 10.6 Å². The summed E-state index contributed by atoms with van der Waals surface area (Å²) in [7, 11) is 1.60. The van der Waals surface area contributed by atoms with Crippen LogP contribution in [0, 0.1) is 13.8 Å². The van der Waals surface area contributed by atoms with Gasteiger partial charge in [-0.15, -0.1) is 11.3 Å². The molecule has 5 nitrogen and oxygen atoms in total. The Morgan fingerprint density at radius 1 is 1.11 bits per heavy atom. The van der Waals surface area contributed by atoms with Crippen LogP contribution >= 0.6 is 11.3 Å². The number of para-hydroxylation sites is 1. The van der Waals surface area contributed by atoms with Gasteiger partial charge in [-0.05, 0) is 31.5 Å². The molecule has 0 saturated heterocycles.